The first kappa shape index (κ1) is 15.9. The third-order valence-electron chi connectivity index (χ3n) is 0.0617. The number of hydrogen-bond acceptors (Lipinski definition) is 3. The van der Waals surface area contributed by atoms with Crippen LogP contribution in [0.2, 0.25) is 0 Å². The van der Waals surface area contributed by atoms with E-state index < -0.39 is 8.60 Å². The van der Waals surface area contributed by atoms with E-state index in [1.54, 1.807) is 0 Å². The van der Waals surface area contributed by atoms with Gasteiger partial charge in [0, 0.05) is 17.1 Å². The Labute approximate surface area is 73.9 Å². The fraction of sp³-hybridized carbons (Fsp3) is 0. The van der Waals surface area contributed by atoms with Crippen LogP contribution in [0.5, 0.6) is 0 Å². The van der Waals surface area contributed by atoms with Crippen molar-refractivity contribution in [2.45, 2.75) is 0 Å². The Balaban J connectivity index is -0.0000000800. The predicted molar refractivity (Wildman–Crippen MR) is 20.7 cm³/mol. The van der Waals surface area contributed by atoms with E-state index in [2.05, 4.69) is 4.73 Å². The molecule has 42 valence electrons. The van der Waals surface area contributed by atoms with E-state index in [1.165, 1.54) is 0 Å². The summed E-state index contributed by atoms with van der Waals surface area (Å²) in [5.41, 5.74) is 0. The van der Waals surface area contributed by atoms with Crippen LogP contribution in [0.4, 0.5) is 4.53 Å². The quantitative estimate of drug-likeness (QED) is 0.420. The van der Waals surface area contributed by atoms with Gasteiger partial charge in [-0.15, -0.1) is 4.73 Å². The first-order chi connectivity index (χ1) is 2.27. The first-order valence-electron chi connectivity index (χ1n) is 0.737. The molecule has 0 aromatic rings. The summed E-state index contributed by atoms with van der Waals surface area (Å²) in [6.07, 6.45) is 0. The molecule has 0 rings (SSSR count). The first-order valence-corrected chi connectivity index (χ1v) is 1.90. The molecule has 0 saturated heterocycles. The standard InChI is InChI=1S/FH2O3P.Fe.Na.H/c1-4-5(2)3;;;/h2-3H;;;. The van der Waals surface area contributed by atoms with Gasteiger partial charge in [-0.25, -0.2) is 0 Å². The van der Waals surface area contributed by atoms with Crippen molar-refractivity contribution >= 4 is 38.2 Å². The normalized spacial score (nSPS) is 6.86. The van der Waals surface area contributed by atoms with E-state index in [0.717, 1.165) is 0 Å². The SMILES string of the molecule is OP(O)OF.[Fe].[NaH]. The van der Waals surface area contributed by atoms with E-state index >= 15 is 0 Å². The van der Waals surface area contributed by atoms with Crippen LogP contribution < -0.4 is 0 Å². The van der Waals surface area contributed by atoms with Gasteiger partial charge in [-0.2, -0.15) is 0 Å². The van der Waals surface area contributed by atoms with Crippen molar-refractivity contribution in [3.05, 3.63) is 0 Å². The van der Waals surface area contributed by atoms with E-state index in [0.29, 0.717) is 0 Å². The molecule has 0 aliphatic carbocycles. The van der Waals surface area contributed by atoms with Crippen LogP contribution in [0.3, 0.4) is 0 Å². The molecule has 0 heterocycles. The monoisotopic (exact) mass is 180 g/mol. The summed E-state index contributed by atoms with van der Waals surface area (Å²) < 4.78 is 12.6. The zero-order valence-corrected chi connectivity index (χ0v) is 4.48. The average molecular weight is 180 g/mol. The van der Waals surface area contributed by atoms with Crippen molar-refractivity contribution in [3.8, 4) is 0 Å². The van der Waals surface area contributed by atoms with Gasteiger partial charge in [-0.3, -0.25) is 0 Å². The maximum atomic E-state index is 10.1. The molecule has 0 aromatic heterocycles. The summed E-state index contributed by atoms with van der Waals surface area (Å²) in [6, 6.07) is 0. The Morgan fingerprint density at radius 2 is 1.57 bits per heavy atom. The van der Waals surface area contributed by atoms with Crippen molar-refractivity contribution in [1.82, 2.24) is 0 Å². The molecule has 0 saturated carbocycles. The molecule has 0 spiro atoms. The zero-order chi connectivity index (χ0) is 4.28. The van der Waals surface area contributed by atoms with E-state index in [4.69, 9.17) is 9.79 Å². The average Bonchev–Trinajstić information content (AvgIpc) is 1.38. The summed E-state index contributed by atoms with van der Waals surface area (Å²) >= 11 is 0. The Kier molecular flexibility index (Phi) is 24.3. The fourth-order valence-corrected chi connectivity index (χ4v) is 0. The van der Waals surface area contributed by atoms with Crippen LogP contribution in [0.15, 0.2) is 0 Å². The molecular weight excluding hydrogens is 177 g/mol. The molecule has 0 radical (unpaired) electrons. The topological polar surface area (TPSA) is 49.7 Å². The molecule has 0 amide bonds. The second kappa shape index (κ2) is 10.7. The van der Waals surface area contributed by atoms with Crippen LogP contribution in [-0.4, -0.2) is 39.3 Å². The Morgan fingerprint density at radius 1 is 1.43 bits per heavy atom. The minimum absolute atomic E-state index is 0. The van der Waals surface area contributed by atoms with Gasteiger partial charge in [0.05, 0.1) is 0 Å². The number of rotatable bonds is 1. The van der Waals surface area contributed by atoms with Gasteiger partial charge < -0.3 is 9.79 Å². The van der Waals surface area contributed by atoms with Crippen molar-refractivity contribution in [1.29, 1.82) is 0 Å². The van der Waals surface area contributed by atoms with Gasteiger partial charge in [0.25, 0.3) is 0 Å². The van der Waals surface area contributed by atoms with Crippen LogP contribution in [0.25, 0.3) is 0 Å². The molecule has 0 aromatic carbocycles. The second-order valence-electron chi connectivity index (χ2n) is 0.322. The molecular formula is H3FFeNaO3P. The fourth-order valence-electron chi connectivity index (χ4n) is 0. The third-order valence-corrected chi connectivity index (χ3v) is 0.185. The maximum absolute atomic E-state index is 10.1. The second-order valence-corrected chi connectivity index (χ2v) is 0.965. The zero-order valence-electron chi connectivity index (χ0n) is 2.48. The summed E-state index contributed by atoms with van der Waals surface area (Å²) in [4.78, 5) is 14.8. The molecule has 0 bridgehead atoms. The van der Waals surface area contributed by atoms with Crippen LogP contribution in [-0.2, 0) is 21.8 Å². The van der Waals surface area contributed by atoms with Crippen molar-refractivity contribution in [3.63, 3.8) is 0 Å². The van der Waals surface area contributed by atoms with Gasteiger partial charge in [0.1, 0.15) is 0 Å². The summed E-state index contributed by atoms with van der Waals surface area (Å²) in [5, 5.41) is 0. The number of hydrogen-bond donors (Lipinski definition) is 2. The molecule has 0 atom stereocenters. The molecule has 0 aliphatic rings. The number of halogens is 1. The van der Waals surface area contributed by atoms with Crippen molar-refractivity contribution in [2.24, 2.45) is 0 Å². The van der Waals surface area contributed by atoms with E-state index in [9.17, 15) is 4.53 Å². The molecule has 3 nitrogen and oxygen atoms in total. The summed E-state index contributed by atoms with van der Waals surface area (Å²) in [7, 11) is -2.76. The van der Waals surface area contributed by atoms with Gasteiger partial charge in [0.2, 0.25) is 0 Å². The minimum atomic E-state index is -2.76. The Hall–Kier alpha value is 1.76. The van der Waals surface area contributed by atoms with Crippen molar-refractivity contribution < 1.29 is 36.1 Å². The van der Waals surface area contributed by atoms with Crippen molar-refractivity contribution in [2.75, 3.05) is 0 Å². The summed E-state index contributed by atoms with van der Waals surface area (Å²) in [5.74, 6) is 0. The van der Waals surface area contributed by atoms with Crippen LogP contribution in [0, 0.1) is 0 Å². The Bertz CT molecular complexity index is 28.9. The van der Waals surface area contributed by atoms with Gasteiger partial charge in [0.15, 0.2) is 0 Å². The molecule has 0 fully saturated rings. The van der Waals surface area contributed by atoms with Crippen LogP contribution in [0.1, 0.15) is 0 Å². The van der Waals surface area contributed by atoms with Crippen LogP contribution >= 0.6 is 8.60 Å². The van der Waals surface area contributed by atoms with E-state index in [1.807, 2.05) is 0 Å². The predicted octanol–water partition coefficient (Wildman–Crippen LogP) is -0.552. The van der Waals surface area contributed by atoms with Gasteiger partial charge in [-0.05, 0) is 4.53 Å². The molecule has 7 heavy (non-hydrogen) atoms. The molecule has 2 N–H and O–H groups in total. The Morgan fingerprint density at radius 3 is 1.57 bits per heavy atom. The summed E-state index contributed by atoms with van der Waals surface area (Å²) in [6.45, 7) is 0. The van der Waals surface area contributed by atoms with E-state index in [-0.39, 0.29) is 46.6 Å². The third kappa shape index (κ3) is 18.2. The van der Waals surface area contributed by atoms with Gasteiger partial charge in [-0.1, -0.05) is 0 Å². The molecule has 7 heteroatoms. The van der Waals surface area contributed by atoms with Gasteiger partial charge >= 0.3 is 38.2 Å². The molecule has 0 unspecified atom stereocenters. The molecule has 0 aliphatic heterocycles.